The second-order valence-electron chi connectivity index (χ2n) is 9.02. The van der Waals surface area contributed by atoms with Crippen molar-refractivity contribution in [1.29, 1.82) is 0 Å². The van der Waals surface area contributed by atoms with E-state index in [1.807, 2.05) is 12.1 Å². The van der Waals surface area contributed by atoms with Crippen LogP contribution in [-0.2, 0) is 23.1 Å². The summed E-state index contributed by atoms with van der Waals surface area (Å²) in [6, 6.07) is 16.9. The number of anilines is 2. The second-order valence-corrected chi connectivity index (χ2v) is 9.82. The maximum atomic E-state index is 13.5. The van der Waals surface area contributed by atoms with Gasteiger partial charge in [-0.15, -0.1) is 0 Å². The average molecular weight is 512 g/mol. The van der Waals surface area contributed by atoms with Gasteiger partial charge >= 0.3 is 0 Å². The van der Waals surface area contributed by atoms with E-state index in [0.717, 1.165) is 43.7 Å². The zero-order chi connectivity index (χ0) is 24.3. The summed E-state index contributed by atoms with van der Waals surface area (Å²) in [5.41, 5.74) is 3.54. The predicted molar refractivity (Wildman–Crippen MR) is 141 cm³/mol. The largest absolute Gasteiger partial charge is 0.381 e. The first-order valence-corrected chi connectivity index (χ1v) is 12.5. The highest BCUT2D eigenvalue weighted by Crippen LogP contribution is 2.34. The van der Waals surface area contributed by atoms with Crippen LogP contribution in [0.1, 0.15) is 29.5 Å². The zero-order valence-electron chi connectivity index (χ0n) is 19.3. The first-order valence-electron chi connectivity index (χ1n) is 11.8. The molecule has 0 radical (unpaired) electrons. The smallest absolute Gasteiger partial charge is 0.232 e. The van der Waals surface area contributed by atoms with Gasteiger partial charge in [0, 0.05) is 44.3 Å². The third-order valence-corrected chi connectivity index (χ3v) is 7.30. The van der Waals surface area contributed by atoms with Crippen LogP contribution in [0.5, 0.6) is 0 Å². The maximum Gasteiger partial charge on any atom is 0.232 e. The van der Waals surface area contributed by atoms with Crippen molar-refractivity contribution in [3.05, 3.63) is 82.3 Å². The number of rotatable bonds is 5. The predicted octanol–water partition coefficient (Wildman–Crippen LogP) is 4.87. The molecule has 6 nitrogen and oxygen atoms in total. The van der Waals surface area contributed by atoms with Crippen LogP contribution in [0.25, 0.3) is 0 Å². The average Bonchev–Trinajstić information content (AvgIpc) is 2.88. The third kappa shape index (κ3) is 5.55. The fourth-order valence-electron chi connectivity index (χ4n) is 4.84. The summed E-state index contributed by atoms with van der Waals surface area (Å²) in [5, 5.41) is 7.18. The molecule has 1 saturated heterocycles. The Morgan fingerprint density at radius 1 is 1.09 bits per heavy atom. The molecule has 0 saturated carbocycles. The Hall–Kier alpha value is -2.81. The third-order valence-electron chi connectivity index (χ3n) is 6.86. The highest BCUT2D eigenvalue weighted by molar-refractivity contribution is 7.80. The van der Waals surface area contributed by atoms with Crippen LogP contribution >= 0.6 is 23.8 Å². The molecule has 5 rings (SSSR count). The molecule has 0 amide bonds. The molecule has 1 fully saturated rings. The van der Waals surface area contributed by atoms with Crippen molar-refractivity contribution < 1.29 is 9.13 Å². The van der Waals surface area contributed by atoms with Crippen molar-refractivity contribution in [2.45, 2.75) is 31.2 Å². The van der Waals surface area contributed by atoms with Gasteiger partial charge in [-0.25, -0.2) is 9.37 Å². The summed E-state index contributed by atoms with van der Waals surface area (Å²) < 4.78 is 19.1. The Morgan fingerprint density at radius 3 is 2.60 bits per heavy atom. The number of thiocarbonyl (C=S) groups is 1. The van der Waals surface area contributed by atoms with Crippen molar-refractivity contribution in [2.75, 3.05) is 36.5 Å². The minimum atomic E-state index is -0.243. The van der Waals surface area contributed by atoms with Crippen LogP contribution in [0.4, 0.5) is 16.2 Å². The molecule has 0 bridgehead atoms. The van der Waals surface area contributed by atoms with Gasteiger partial charge in [0.25, 0.3) is 0 Å². The Morgan fingerprint density at radius 2 is 1.83 bits per heavy atom. The Bertz CT molecular complexity index is 1200. The lowest BCUT2D eigenvalue weighted by Gasteiger charge is -2.38. The number of nitrogens with one attached hydrogen (secondary N) is 2. The summed E-state index contributed by atoms with van der Waals surface area (Å²) in [5.74, 6) is 0.871. The lowest BCUT2D eigenvalue weighted by Crippen LogP contribution is -2.45. The van der Waals surface area contributed by atoms with Crippen molar-refractivity contribution in [2.24, 2.45) is 0 Å². The number of aromatic nitrogens is 2. The number of halogens is 2. The molecule has 1 aromatic heterocycles. The first kappa shape index (κ1) is 23.9. The van der Waals surface area contributed by atoms with E-state index in [0.29, 0.717) is 36.0 Å². The monoisotopic (exact) mass is 511 g/mol. The van der Waals surface area contributed by atoms with Crippen LogP contribution < -0.4 is 15.5 Å². The number of ether oxygens (including phenoxy) is 1. The van der Waals surface area contributed by atoms with Gasteiger partial charge < -0.3 is 20.3 Å². The molecular weight excluding hydrogens is 485 g/mol. The normalized spacial score (nSPS) is 16.9. The topological polar surface area (TPSA) is 62.3 Å². The molecule has 3 aromatic rings. The molecule has 182 valence electrons. The second kappa shape index (κ2) is 10.4. The minimum absolute atomic E-state index is 0.195. The Kier molecular flexibility index (Phi) is 7.13. The van der Waals surface area contributed by atoms with Crippen LogP contribution in [-0.4, -0.2) is 41.4 Å². The van der Waals surface area contributed by atoms with Crippen molar-refractivity contribution in [3.8, 4) is 0 Å². The molecule has 0 aliphatic carbocycles. The SMILES string of the molecule is Fc1ccc(C2(CNC(=S)Nc3nc(Cl)cc(N4CCc5ccccc5C4)n3)CCOCC2)cc1. The van der Waals surface area contributed by atoms with E-state index in [9.17, 15) is 4.39 Å². The molecule has 3 heterocycles. The van der Waals surface area contributed by atoms with Gasteiger partial charge in [-0.1, -0.05) is 48.0 Å². The van der Waals surface area contributed by atoms with E-state index >= 15 is 0 Å². The summed E-state index contributed by atoms with van der Waals surface area (Å²) >= 11 is 11.9. The van der Waals surface area contributed by atoms with Gasteiger partial charge in [-0.2, -0.15) is 4.98 Å². The van der Waals surface area contributed by atoms with Crippen LogP contribution in [0, 0.1) is 5.82 Å². The quantitative estimate of drug-likeness (QED) is 0.374. The van der Waals surface area contributed by atoms with E-state index in [2.05, 4.69) is 49.8 Å². The molecule has 0 spiro atoms. The Balaban J connectivity index is 1.27. The number of fused-ring (bicyclic) bond motifs is 1. The number of nitrogens with zero attached hydrogens (tertiary/aromatic N) is 3. The molecule has 35 heavy (non-hydrogen) atoms. The summed E-state index contributed by atoms with van der Waals surface area (Å²) in [6.45, 7) is 3.52. The van der Waals surface area contributed by atoms with Gasteiger partial charge in [0.05, 0.1) is 0 Å². The van der Waals surface area contributed by atoms with Crippen molar-refractivity contribution >= 4 is 40.7 Å². The molecule has 2 N–H and O–H groups in total. The Labute approximate surface area is 214 Å². The number of hydrogen-bond donors (Lipinski definition) is 2. The van der Waals surface area contributed by atoms with Crippen molar-refractivity contribution in [1.82, 2.24) is 15.3 Å². The van der Waals surface area contributed by atoms with E-state index in [1.54, 1.807) is 6.07 Å². The molecule has 0 atom stereocenters. The highest BCUT2D eigenvalue weighted by atomic mass is 35.5. The van der Waals surface area contributed by atoms with Gasteiger partial charge in [0.2, 0.25) is 5.95 Å². The maximum absolute atomic E-state index is 13.5. The molecular formula is C26H27ClFN5OS. The summed E-state index contributed by atoms with van der Waals surface area (Å²) in [6.07, 6.45) is 2.60. The fourth-order valence-corrected chi connectivity index (χ4v) is 5.18. The number of benzene rings is 2. The molecule has 2 aliphatic heterocycles. The van der Waals surface area contributed by atoms with Gasteiger partial charge in [0.15, 0.2) is 5.11 Å². The van der Waals surface area contributed by atoms with Gasteiger partial charge in [-0.3, -0.25) is 0 Å². The van der Waals surface area contributed by atoms with E-state index in [1.165, 1.54) is 23.3 Å². The van der Waals surface area contributed by atoms with Crippen LogP contribution in [0.3, 0.4) is 0 Å². The molecule has 9 heteroatoms. The zero-order valence-corrected chi connectivity index (χ0v) is 20.8. The fraction of sp³-hybridized carbons (Fsp3) is 0.346. The van der Waals surface area contributed by atoms with E-state index < -0.39 is 0 Å². The van der Waals surface area contributed by atoms with E-state index in [-0.39, 0.29) is 11.2 Å². The van der Waals surface area contributed by atoms with E-state index in [4.69, 9.17) is 28.6 Å². The van der Waals surface area contributed by atoms with Crippen LogP contribution in [0.15, 0.2) is 54.6 Å². The standard InChI is InChI=1S/C26H27ClFN5OS/c27-22-15-23(33-12-9-18-3-1-2-4-19(18)16-33)31-24(30-22)32-25(35)29-17-26(10-13-34-14-11-26)20-5-7-21(28)8-6-20/h1-8,15H,9-14,16-17H2,(H2,29,30,31,32,35). The van der Waals surface area contributed by atoms with Gasteiger partial charge in [0.1, 0.15) is 16.8 Å². The molecule has 2 aliphatic rings. The van der Waals surface area contributed by atoms with Crippen molar-refractivity contribution in [3.63, 3.8) is 0 Å². The van der Waals surface area contributed by atoms with Crippen LogP contribution in [0.2, 0.25) is 5.15 Å². The molecule has 0 unspecified atom stereocenters. The lowest BCUT2D eigenvalue weighted by atomic mass is 9.74. The summed E-state index contributed by atoms with van der Waals surface area (Å²) in [7, 11) is 0. The minimum Gasteiger partial charge on any atom is -0.381 e. The first-order chi connectivity index (χ1) is 17.0. The molecule has 2 aromatic carbocycles. The number of hydrogen-bond acceptors (Lipinski definition) is 5. The van der Waals surface area contributed by atoms with Gasteiger partial charge in [-0.05, 0) is 60.3 Å². The summed E-state index contributed by atoms with van der Waals surface area (Å²) in [4.78, 5) is 11.2. The lowest BCUT2D eigenvalue weighted by molar-refractivity contribution is 0.0515. The highest BCUT2D eigenvalue weighted by Gasteiger charge is 2.34.